The summed E-state index contributed by atoms with van der Waals surface area (Å²) in [6.45, 7) is 2.20. The molecule has 0 saturated heterocycles. The van der Waals surface area contributed by atoms with Gasteiger partial charge in [-0.05, 0) is 37.3 Å². The number of hydrogen-bond donors (Lipinski definition) is 0. The predicted octanol–water partition coefficient (Wildman–Crippen LogP) is 2.90. The van der Waals surface area contributed by atoms with Gasteiger partial charge in [0.15, 0.2) is 5.76 Å². The molecule has 0 N–H and O–H groups in total. The van der Waals surface area contributed by atoms with E-state index in [1.807, 2.05) is 0 Å². The van der Waals surface area contributed by atoms with Gasteiger partial charge in [-0.1, -0.05) is 6.92 Å². The number of hydrogen-bond acceptors (Lipinski definition) is 2. The first-order chi connectivity index (χ1) is 6.27. The number of carbonyl (C=O) groups is 1. The predicted molar refractivity (Wildman–Crippen MR) is 49.5 cm³/mol. The first-order valence-corrected chi connectivity index (χ1v) is 4.85. The lowest BCUT2D eigenvalue weighted by atomic mass is 9.99. The Morgan fingerprint density at radius 1 is 1.54 bits per heavy atom. The molecular weight excluding hydrogens is 164 g/mol. The topological polar surface area (TPSA) is 30.2 Å². The molecule has 0 aromatic carbocycles. The summed E-state index contributed by atoms with van der Waals surface area (Å²) in [6, 6.07) is 3.52. The van der Waals surface area contributed by atoms with Crippen LogP contribution in [-0.2, 0) is 0 Å². The molecule has 0 spiro atoms. The number of rotatable bonds is 2. The van der Waals surface area contributed by atoms with Crippen molar-refractivity contribution in [2.75, 3.05) is 0 Å². The molecule has 2 unspecified atom stereocenters. The van der Waals surface area contributed by atoms with E-state index in [0.717, 1.165) is 12.8 Å². The van der Waals surface area contributed by atoms with Crippen molar-refractivity contribution in [2.45, 2.75) is 26.2 Å². The molecule has 70 valence electrons. The van der Waals surface area contributed by atoms with E-state index in [-0.39, 0.29) is 11.7 Å². The highest BCUT2D eigenvalue weighted by molar-refractivity contribution is 5.95. The largest absolute Gasteiger partial charge is 0.461 e. The van der Waals surface area contributed by atoms with Gasteiger partial charge in [-0.2, -0.15) is 0 Å². The number of Topliss-reactive ketones (excluding diaryl/α,β-unsaturated/α-hetero) is 1. The number of furan rings is 1. The van der Waals surface area contributed by atoms with Crippen LogP contribution in [-0.4, -0.2) is 5.78 Å². The van der Waals surface area contributed by atoms with Gasteiger partial charge in [-0.25, -0.2) is 0 Å². The van der Waals surface area contributed by atoms with Crippen LogP contribution in [0, 0.1) is 11.8 Å². The quantitative estimate of drug-likeness (QED) is 0.652. The third-order valence-corrected chi connectivity index (χ3v) is 2.83. The molecule has 0 aliphatic heterocycles. The van der Waals surface area contributed by atoms with Gasteiger partial charge in [0.1, 0.15) is 0 Å². The zero-order valence-electron chi connectivity index (χ0n) is 7.82. The van der Waals surface area contributed by atoms with E-state index in [1.165, 1.54) is 6.42 Å². The maximum atomic E-state index is 11.8. The minimum absolute atomic E-state index is 0.189. The summed E-state index contributed by atoms with van der Waals surface area (Å²) in [7, 11) is 0. The van der Waals surface area contributed by atoms with Crippen molar-refractivity contribution in [3.8, 4) is 0 Å². The monoisotopic (exact) mass is 178 g/mol. The van der Waals surface area contributed by atoms with E-state index in [2.05, 4.69) is 6.92 Å². The highest BCUT2D eigenvalue weighted by atomic mass is 16.3. The maximum Gasteiger partial charge on any atom is 0.201 e. The summed E-state index contributed by atoms with van der Waals surface area (Å²) >= 11 is 0. The molecule has 13 heavy (non-hydrogen) atoms. The van der Waals surface area contributed by atoms with Crippen molar-refractivity contribution in [3.63, 3.8) is 0 Å². The van der Waals surface area contributed by atoms with Gasteiger partial charge in [-0.3, -0.25) is 4.79 Å². The minimum atomic E-state index is 0.189. The Bertz CT molecular complexity index is 287. The van der Waals surface area contributed by atoms with Crippen LogP contribution in [0.25, 0.3) is 0 Å². The summed E-state index contributed by atoms with van der Waals surface area (Å²) in [5.74, 6) is 1.62. The van der Waals surface area contributed by atoms with Gasteiger partial charge in [0.25, 0.3) is 0 Å². The highest BCUT2D eigenvalue weighted by Crippen LogP contribution is 2.32. The van der Waals surface area contributed by atoms with Crippen molar-refractivity contribution in [3.05, 3.63) is 24.2 Å². The van der Waals surface area contributed by atoms with Gasteiger partial charge >= 0.3 is 0 Å². The Balaban J connectivity index is 2.06. The van der Waals surface area contributed by atoms with Crippen molar-refractivity contribution in [1.82, 2.24) is 0 Å². The van der Waals surface area contributed by atoms with Gasteiger partial charge < -0.3 is 4.42 Å². The van der Waals surface area contributed by atoms with E-state index in [1.54, 1.807) is 18.4 Å². The van der Waals surface area contributed by atoms with Crippen LogP contribution in [0.15, 0.2) is 22.8 Å². The van der Waals surface area contributed by atoms with E-state index in [0.29, 0.717) is 11.7 Å². The van der Waals surface area contributed by atoms with Crippen LogP contribution in [0.3, 0.4) is 0 Å². The van der Waals surface area contributed by atoms with Crippen molar-refractivity contribution in [1.29, 1.82) is 0 Å². The Labute approximate surface area is 77.9 Å². The first kappa shape index (κ1) is 8.54. The third kappa shape index (κ3) is 1.67. The van der Waals surface area contributed by atoms with Crippen molar-refractivity contribution in [2.24, 2.45) is 11.8 Å². The van der Waals surface area contributed by atoms with E-state index >= 15 is 0 Å². The summed E-state index contributed by atoms with van der Waals surface area (Å²) in [5, 5.41) is 0. The molecule has 1 heterocycles. The molecule has 2 heteroatoms. The van der Waals surface area contributed by atoms with Gasteiger partial charge in [0.05, 0.1) is 6.26 Å². The van der Waals surface area contributed by atoms with Crippen molar-refractivity contribution >= 4 is 5.78 Å². The average molecular weight is 178 g/mol. The van der Waals surface area contributed by atoms with E-state index in [4.69, 9.17) is 4.42 Å². The smallest absolute Gasteiger partial charge is 0.201 e. The Morgan fingerprint density at radius 3 is 2.92 bits per heavy atom. The second-order valence-electron chi connectivity index (χ2n) is 3.96. The zero-order valence-corrected chi connectivity index (χ0v) is 7.82. The highest BCUT2D eigenvalue weighted by Gasteiger charge is 2.29. The third-order valence-electron chi connectivity index (χ3n) is 2.83. The van der Waals surface area contributed by atoms with Crippen molar-refractivity contribution < 1.29 is 9.21 Å². The Hall–Kier alpha value is -1.05. The lowest BCUT2D eigenvalue weighted by Crippen LogP contribution is -2.10. The Kier molecular flexibility index (Phi) is 2.21. The second kappa shape index (κ2) is 3.36. The van der Waals surface area contributed by atoms with Crippen LogP contribution in [0.5, 0.6) is 0 Å². The molecule has 0 amide bonds. The van der Waals surface area contributed by atoms with Crippen LogP contribution >= 0.6 is 0 Å². The second-order valence-corrected chi connectivity index (χ2v) is 3.96. The average Bonchev–Trinajstić information content (AvgIpc) is 2.72. The molecule has 2 nitrogen and oxygen atoms in total. The molecule has 1 aromatic heterocycles. The lowest BCUT2D eigenvalue weighted by Gasteiger charge is -2.04. The molecular formula is C11H14O2. The lowest BCUT2D eigenvalue weighted by molar-refractivity contribution is 0.0892. The van der Waals surface area contributed by atoms with E-state index < -0.39 is 0 Å². The fraction of sp³-hybridized carbons (Fsp3) is 0.545. The molecule has 1 saturated carbocycles. The summed E-state index contributed by atoms with van der Waals surface area (Å²) in [5.41, 5.74) is 0. The molecule has 1 aliphatic rings. The number of ketones is 1. The molecule has 1 fully saturated rings. The van der Waals surface area contributed by atoms with Crippen LogP contribution in [0.2, 0.25) is 0 Å². The molecule has 2 atom stereocenters. The van der Waals surface area contributed by atoms with Gasteiger partial charge in [0, 0.05) is 5.92 Å². The fourth-order valence-corrected chi connectivity index (χ4v) is 2.07. The normalized spacial score (nSPS) is 27.8. The molecule has 2 rings (SSSR count). The minimum Gasteiger partial charge on any atom is -0.461 e. The molecule has 1 aromatic rings. The molecule has 0 bridgehead atoms. The summed E-state index contributed by atoms with van der Waals surface area (Å²) in [4.78, 5) is 11.8. The van der Waals surface area contributed by atoms with Crippen LogP contribution < -0.4 is 0 Å². The van der Waals surface area contributed by atoms with Gasteiger partial charge in [0.2, 0.25) is 5.78 Å². The van der Waals surface area contributed by atoms with Crippen LogP contribution in [0.4, 0.5) is 0 Å². The Morgan fingerprint density at radius 2 is 2.38 bits per heavy atom. The first-order valence-electron chi connectivity index (χ1n) is 4.85. The van der Waals surface area contributed by atoms with E-state index in [9.17, 15) is 4.79 Å². The zero-order chi connectivity index (χ0) is 9.26. The summed E-state index contributed by atoms with van der Waals surface area (Å²) in [6.07, 6.45) is 4.79. The number of carbonyl (C=O) groups excluding carboxylic acids is 1. The molecule has 0 radical (unpaired) electrons. The fourth-order valence-electron chi connectivity index (χ4n) is 2.07. The molecule has 1 aliphatic carbocycles. The summed E-state index contributed by atoms with van der Waals surface area (Å²) < 4.78 is 5.09. The maximum absolute atomic E-state index is 11.8. The van der Waals surface area contributed by atoms with Gasteiger partial charge in [-0.15, -0.1) is 0 Å². The SMILES string of the molecule is CC1CCC(C(=O)c2ccco2)C1. The van der Waals surface area contributed by atoms with Crippen LogP contribution in [0.1, 0.15) is 36.7 Å². The standard InChI is InChI=1S/C11H14O2/c1-8-4-5-9(7-8)11(12)10-3-2-6-13-10/h2-3,6,8-9H,4-5,7H2,1H3.